The normalized spacial score (nSPS) is 18.1. The minimum atomic E-state index is -0.0151. The molecule has 1 aliphatic carbocycles. The van der Waals surface area contributed by atoms with Gasteiger partial charge in [-0.25, -0.2) is 0 Å². The van der Waals surface area contributed by atoms with Crippen LogP contribution in [-0.4, -0.2) is 14.2 Å². The Bertz CT molecular complexity index is 430. The van der Waals surface area contributed by atoms with E-state index in [9.17, 15) is 0 Å². The maximum Gasteiger partial charge on any atom is 0.146 e. The molecule has 0 bridgehead atoms. The van der Waals surface area contributed by atoms with E-state index in [1.165, 1.54) is 32.1 Å². The van der Waals surface area contributed by atoms with Crippen LogP contribution in [0.4, 0.5) is 0 Å². The third-order valence-electron chi connectivity index (χ3n) is 4.03. The summed E-state index contributed by atoms with van der Waals surface area (Å²) < 4.78 is 10.7. The molecule has 0 spiro atoms. The number of nitrogens with two attached hydrogens (primary N) is 1. The number of methoxy groups -OCH3 is 2. The lowest BCUT2D eigenvalue weighted by molar-refractivity contribution is 0.300. The first-order valence-electron chi connectivity index (χ1n) is 6.85. The molecule has 19 heavy (non-hydrogen) atoms. The molecule has 1 fully saturated rings. The lowest BCUT2D eigenvalue weighted by Crippen LogP contribution is -2.24. The summed E-state index contributed by atoms with van der Waals surface area (Å²) in [5.41, 5.74) is 7.41. The fourth-order valence-electron chi connectivity index (χ4n) is 2.93. The molecule has 3 nitrogen and oxygen atoms in total. The van der Waals surface area contributed by atoms with Crippen molar-refractivity contribution in [3.63, 3.8) is 0 Å². The lowest BCUT2D eigenvalue weighted by Gasteiger charge is -2.29. The number of hydrogen-bond acceptors (Lipinski definition) is 3. The predicted molar refractivity (Wildman–Crippen MR) is 78.1 cm³/mol. The van der Waals surface area contributed by atoms with Crippen molar-refractivity contribution in [3.8, 4) is 11.5 Å². The van der Waals surface area contributed by atoms with E-state index in [0.717, 1.165) is 5.56 Å². The highest BCUT2D eigenvalue weighted by atomic mass is 35.5. The van der Waals surface area contributed by atoms with Gasteiger partial charge in [0.15, 0.2) is 0 Å². The summed E-state index contributed by atoms with van der Waals surface area (Å²) in [7, 11) is 3.22. The monoisotopic (exact) mass is 283 g/mol. The Kier molecular flexibility index (Phi) is 4.94. The smallest absolute Gasteiger partial charge is 0.146 e. The molecule has 0 saturated heterocycles. The molecule has 4 heteroatoms. The molecule has 2 rings (SSSR count). The number of benzene rings is 1. The van der Waals surface area contributed by atoms with Crippen LogP contribution in [0, 0.1) is 5.92 Å². The highest BCUT2D eigenvalue weighted by Gasteiger charge is 2.26. The van der Waals surface area contributed by atoms with Gasteiger partial charge in [0.25, 0.3) is 0 Å². The zero-order chi connectivity index (χ0) is 13.8. The number of rotatable bonds is 4. The molecule has 2 N–H and O–H groups in total. The van der Waals surface area contributed by atoms with Gasteiger partial charge in [0.1, 0.15) is 16.5 Å². The van der Waals surface area contributed by atoms with Crippen LogP contribution >= 0.6 is 11.6 Å². The second-order valence-electron chi connectivity index (χ2n) is 5.13. The summed E-state index contributed by atoms with van der Waals surface area (Å²) in [6.07, 6.45) is 6.24. The van der Waals surface area contributed by atoms with Crippen molar-refractivity contribution in [1.29, 1.82) is 0 Å². The second-order valence-corrected chi connectivity index (χ2v) is 5.51. The van der Waals surface area contributed by atoms with Crippen LogP contribution in [0.2, 0.25) is 5.02 Å². The highest BCUT2D eigenvalue weighted by molar-refractivity contribution is 6.33. The summed E-state index contributed by atoms with van der Waals surface area (Å²) in [5, 5.41) is 0.508. The number of ether oxygens (including phenoxy) is 2. The molecule has 0 aliphatic heterocycles. The Morgan fingerprint density at radius 2 is 1.84 bits per heavy atom. The first-order chi connectivity index (χ1) is 9.19. The zero-order valence-corrected chi connectivity index (χ0v) is 12.4. The van der Waals surface area contributed by atoms with Crippen LogP contribution in [-0.2, 0) is 0 Å². The van der Waals surface area contributed by atoms with E-state index in [2.05, 4.69) is 0 Å². The largest absolute Gasteiger partial charge is 0.495 e. The van der Waals surface area contributed by atoms with Crippen LogP contribution < -0.4 is 15.2 Å². The van der Waals surface area contributed by atoms with E-state index in [-0.39, 0.29) is 6.04 Å². The summed E-state index contributed by atoms with van der Waals surface area (Å²) >= 11 is 6.29. The quantitative estimate of drug-likeness (QED) is 0.910. The lowest BCUT2D eigenvalue weighted by atomic mass is 9.81. The van der Waals surface area contributed by atoms with Gasteiger partial charge in [-0.2, -0.15) is 0 Å². The SMILES string of the molecule is COc1ccc(C(N)C2CCCCC2)c(OC)c1Cl. The van der Waals surface area contributed by atoms with E-state index < -0.39 is 0 Å². The Morgan fingerprint density at radius 1 is 1.16 bits per heavy atom. The second kappa shape index (κ2) is 6.49. The molecular formula is C15H22ClNO2. The molecule has 0 radical (unpaired) electrons. The molecule has 1 unspecified atom stereocenters. The van der Waals surface area contributed by atoms with Gasteiger partial charge in [0, 0.05) is 11.6 Å². The molecule has 1 aromatic rings. The van der Waals surface area contributed by atoms with Gasteiger partial charge < -0.3 is 15.2 Å². The fraction of sp³-hybridized carbons (Fsp3) is 0.600. The Balaban J connectivity index is 2.30. The standard InChI is InChI=1S/C15H22ClNO2/c1-18-12-9-8-11(15(19-2)13(12)16)14(17)10-6-4-3-5-7-10/h8-10,14H,3-7,17H2,1-2H3. The Morgan fingerprint density at radius 3 is 2.42 bits per heavy atom. The minimum Gasteiger partial charge on any atom is -0.495 e. The van der Waals surface area contributed by atoms with Crippen molar-refractivity contribution in [1.82, 2.24) is 0 Å². The summed E-state index contributed by atoms with van der Waals surface area (Å²) in [4.78, 5) is 0. The third-order valence-corrected chi connectivity index (χ3v) is 4.39. The van der Waals surface area contributed by atoms with Crippen molar-refractivity contribution in [3.05, 3.63) is 22.7 Å². The van der Waals surface area contributed by atoms with Crippen molar-refractivity contribution >= 4 is 11.6 Å². The number of hydrogen-bond donors (Lipinski definition) is 1. The van der Waals surface area contributed by atoms with Crippen LogP contribution in [0.25, 0.3) is 0 Å². The average Bonchev–Trinajstić information content (AvgIpc) is 2.47. The van der Waals surface area contributed by atoms with E-state index in [4.69, 9.17) is 26.8 Å². The topological polar surface area (TPSA) is 44.5 Å². The van der Waals surface area contributed by atoms with Crippen molar-refractivity contribution < 1.29 is 9.47 Å². The molecular weight excluding hydrogens is 262 g/mol. The maximum atomic E-state index is 6.43. The molecule has 106 valence electrons. The van der Waals surface area contributed by atoms with E-state index in [1.54, 1.807) is 14.2 Å². The molecule has 1 saturated carbocycles. The Hall–Kier alpha value is -0.930. The van der Waals surface area contributed by atoms with Gasteiger partial charge in [0.05, 0.1) is 14.2 Å². The average molecular weight is 284 g/mol. The van der Waals surface area contributed by atoms with E-state index in [1.807, 2.05) is 12.1 Å². The molecule has 0 heterocycles. The van der Waals surface area contributed by atoms with Gasteiger partial charge in [-0.1, -0.05) is 30.9 Å². The summed E-state index contributed by atoms with van der Waals surface area (Å²) in [6.45, 7) is 0. The molecule has 1 aliphatic rings. The first kappa shape index (κ1) is 14.5. The Labute approximate surface area is 120 Å². The third kappa shape index (κ3) is 2.98. The maximum absolute atomic E-state index is 6.43. The predicted octanol–water partition coefficient (Wildman–Crippen LogP) is 3.94. The van der Waals surface area contributed by atoms with Gasteiger partial charge in [-0.15, -0.1) is 0 Å². The van der Waals surface area contributed by atoms with Gasteiger partial charge in [-0.05, 0) is 30.9 Å². The highest BCUT2D eigenvalue weighted by Crippen LogP contribution is 2.42. The summed E-state index contributed by atoms with van der Waals surface area (Å²) in [5.74, 6) is 1.80. The minimum absolute atomic E-state index is 0.0151. The fourth-order valence-corrected chi connectivity index (χ4v) is 3.25. The van der Waals surface area contributed by atoms with Crippen LogP contribution in [0.5, 0.6) is 11.5 Å². The van der Waals surface area contributed by atoms with Crippen molar-refractivity contribution in [2.75, 3.05) is 14.2 Å². The van der Waals surface area contributed by atoms with Crippen LogP contribution in [0.3, 0.4) is 0 Å². The first-order valence-corrected chi connectivity index (χ1v) is 7.22. The molecule has 1 atom stereocenters. The van der Waals surface area contributed by atoms with Gasteiger partial charge >= 0.3 is 0 Å². The van der Waals surface area contributed by atoms with Gasteiger partial charge in [-0.3, -0.25) is 0 Å². The van der Waals surface area contributed by atoms with Gasteiger partial charge in [0.2, 0.25) is 0 Å². The molecule has 0 amide bonds. The summed E-state index contributed by atoms with van der Waals surface area (Å²) in [6, 6.07) is 3.82. The van der Waals surface area contributed by atoms with Crippen LogP contribution in [0.1, 0.15) is 43.7 Å². The zero-order valence-electron chi connectivity index (χ0n) is 11.6. The molecule has 0 aromatic heterocycles. The van der Waals surface area contributed by atoms with E-state index in [0.29, 0.717) is 22.4 Å². The van der Waals surface area contributed by atoms with Crippen LogP contribution in [0.15, 0.2) is 12.1 Å². The van der Waals surface area contributed by atoms with Crippen molar-refractivity contribution in [2.24, 2.45) is 11.7 Å². The molecule has 1 aromatic carbocycles. The van der Waals surface area contributed by atoms with Crippen molar-refractivity contribution in [2.45, 2.75) is 38.1 Å². The number of halogens is 1. The van der Waals surface area contributed by atoms with E-state index >= 15 is 0 Å².